The number of aromatic nitrogens is 1. The normalized spacial score (nSPS) is 18.1. The van der Waals surface area contributed by atoms with Crippen LogP contribution in [0.2, 0.25) is 0 Å². The van der Waals surface area contributed by atoms with Crippen molar-refractivity contribution in [3.05, 3.63) is 24.0 Å². The molecule has 2 heterocycles. The highest BCUT2D eigenvalue weighted by atomic mass is 15.1. The number of nitrogens with one attached hydrogen (secondary N) is 2. The van der Waals surface area contributed by atoms with Gasteiger partial charge in [-0.15, -0.1) is 0 Å². The van der Waals surface area contributed by atoms with Crippen molar-refractivity contribution in [2.75, 3.05) is 26.2 Å². The molecule has 3 nitrogen and oxygen atoms in total. The third kappa shape index (κ3) is 3.68. The second-order valence-corrected chi connectivity index (χ2v) is 4.30. The van der Waals surface area contributed by atoms with Gasteiger partial charge in [0.2, 0.25) is 0 Å². The molecule has 1 aliphatic heterocycles. The van der Waals surface area contributed by atoms with Crippen molar-refractivity contribution in [3.8, 4) is 0 Å². The van der Waals surface area contributed by atoms with Gasteiger partial charge in [-0.3, -0.25) is 0 Å². The molecular weight excluding hydrogens is 186 g/mol. The Morgan fingerprint density at radius 2 is 2.13 bits per heavy atom. The highest BCUT2D eigenvalue weighted by Crippen LogP contribution is 2.07. The predicted octanol–water partition coefficient (Wildman–Crippen LogP) is 1.59. The summed E-state index contributed by atoms with van der Waals surface area (Å²) in [5, 5.41) is 3.47. The second-order valence-electron chi connectivity index (χ2n) is 4.30. The monoisotopic (exact) mass is 207 g/mol. The minimum Gasteiger partial charge on any atom is -0.367 e. The van der Waals surface area contributed by atoms with Crippen LogP contribution in [0, 0.1) is 0 Å². The topological polar surface area (TPSA) is 31.1 Å². The average molecular weight is 207 g/mol. The van der Waals surface area contributed by atoms with Crippen molar-refractivity contribution < 1.29 is 0 Å². The third-order valence-corrected chi connectivity index (χ3v) is 3.04. The van der Waals surface area contributed by atoms with Crippen LogP contribution >= 0.6 is 0 Å². The van der Waals surface area contributed by atoms with Crippen LogP contribution in [0.25, 0.3) is 0 Å². The standard InChI is InChI=1S/C12H21N3/c1-2-7-15(8-3-1)9-6-14-11-12-4-5-13-10-12/h4-5,10,13-14H,1-3,6-9,11H2. The third-order valence-electron chi connectivity index (χ3n) is 3.04. The molecule has 2 N–H and O–H groups in total. The summed E-state index contributed by atoms with van der Waals surface area (Å²) in [4.78, 5) is 5.63. The summed E-state index contributed by atoms with van der Waals surface area (Å²) in [7, 11) is 0. The van der Waals surface area contributed by atoms with Crippen LogP contribution in [0.15, 0.2) is 18.5 Å². The fraction of sp³-hybridized carbons (Fsp3) is 0.667. The van der Waals surface area contributed by atoms with E-state index in [2.05, 4.69) is 21.3 Å². The van der Waals surface area contributed by atoms with E-state index >= 15 is 0 Å². The lowest BCUT2D eigenvalue weighted by Crippen LogP contribution is -2.35. The maximum Gasteiger partial charge on any atom is 0.0220 e. The van der Waals surface area contributed by atoms with Crippen molar-refractivity contribution in [1.29, 1.82) is 0 Å². The Hall–Kier alpha value is -0.800. The van der Waals surface area contributed by atoms with Crippen molar-refractivity contribution in [2.24, 2.45) is 0 Å². The zero-order valence-corrected chi connectivity index (χ0v) is 9.34. The molecule has 0 unspecified atom stereocenters. The van der Waals surface area contributed by atoms with E-state index in [0.29, 0.717) is 0 Å². The Labute approximate surface area is 91.9 Å². The summed E-state index contributed by atoms with van der Waals surface area (Å²) in [6.07, 6.45) is 8.22. The molecule has 84 valence electrons. The number of rotatable bonds is 5. The number of aromatic amines is 1. The van der Waals surface area contributed by atoms with Gasteiger partial charge < -0.3 is 15.2 Å². The van der Waals surface area contributed by atoms with Crippen LogP contribution in [0.4, 0.5) is 0 Å². The fourth-order valence-corrected chi connectivity index (χ4v) is 2.12. The number of hydrogen-bond donors (Lipinski definition) is 2. The van der Waals surface area contributed by atoms with Gasteiger partial charge in [-0.1, -0.05) is 6.42 Å². The number of piperidine rings is 1. The van der Waals surface area contributed by atoms with Crippen molar-refractivity contribution in [2.45, 2.75) is 25.8 Å². The minimum atomic E-state index is 0.983. The van der Waals surface area contributed by atoms with Crippen LogP contribution in [-0.4, -0.2) is 36.1 Å². The Balaban J connectivity index is 1.54. The van der Waals surface area contributed by atoms with E-state index in [1.807, 2.05) is 12.4 Å². The van der Waals surface area contributed by atoms with Gasteiger partial charge in [0.15, 0.2) is 0 Å². The van der Waals surface area contributed by atoms with Gasteiger partial charge in [0, 0.05) is 32.0 Å². The lowest BCUT2D eigenvalue weighted by Gasteiger charge is -2.26. The summed E-state index contributed by atoms with van der Waals surface area (Å²) in [6, 6.07) is 2.12. The van der Waals surface area contributed by atoms with Crippen LogP contribution in [-0.2, 0) is 6.54 Å². The highest BCUT2D eigenvalue weighted by molar-refractivity contribution is 5.07. The molecule has 1 saturated heterocycles. The molecule has 1 aliphatic rings. The van der Waals surface area contributed by atoms with E-state index in [1.54, 1.807) is 0 Å². The molecule has 0 radical (unpaired) electrons. The van der Waals surface area contributed by atoms with Crippen LogP contribution in [0.5, 0.6) is 0 Å². The molecule has 15 heavy (non-hydrogen) atoms. The largest absolute Gasteiger partial charge is 0.367 e. The molecule has 2 rings (SSSR count). The molecule has 0 saturated carbocycles. The maximum atomic E-state index is 3.47. The zero-order valence-electron chi connectivity index (χ0n) is 9.34. The number of likely N-dealkylation sites (tertiary alicyclic amines) is 1. The smallest absolute Gasteiger partial charge is 0.0220 e. The molecule has 1 fully saturated rings. The summed E-state index contributed by atoms with van der Waals surface area (Å²) >= 11 is 0. The molecule has 1 aromatic heterocycles. The van der Waals surface area contributed by atoms with Crippen LogP contribution < -0.4 is 5.32 Å². The summed E-state index contributed by atoms with van der Waals surface area (Å²) in [5.41, 5.74) is 1.34. The van der Waals surface area contributed by atoms with E-state index in [9.17, 15) is 0 Å². The van der Waals surface area contributed by atoms with Gasteiger partial charge in [-0.25, -0.2) is 0 Å². The Morgan fingerprint density at radius 1 is 1.27 bits per heavy atom. The van der Waals surface area contributed by atoms with Gasteiger partial charge in [0.05, 0.1) is 0 Å². The van der Waals surface area contributed by atoms with Crippen molar-refractivity contribution in [3.63, 3.8) is 0 Å². The molecule has 0 bridgehead atoms. The molecule has 1 aromatic rings. The lowest BCUT2D eigenvalue weighted by molar-refractivity contribution is 0.229. The van der Waals surface area contributed by atoms with E-state index in [1.165, 1.54) is 44.5 Å². The summed E-state index contributed by atoms with van der Waals surface area (Å²) in [6.45, 7) is 5.88. The first-order valence-corrected chi connectivity index (χ1v) is 6.00. The minimum absolute atomic E-state index is 0.983. The lowest BCUT2D eigenvalue weighted by atomic mass is 10.1. The number of H-pyrrole nitrogens is 1. The van der Waals surface area contributed by atoms with Gasteiger partial charge >= 0.3 is 0 Å². The van der Waals surface area contributed by atoms with E-state index in [4.69, 9.17) is 0 Å². The molecule has 3 heteroatoms. The van der Waals surface area contributed by atoms with Gasteiger partial charge in [-0.2, -0.15) is 0 Å². The molecule has 0 aliphatic carbocycles. The number of hydrogen-bond acceptors (Lipinski definition) is 2. The predicted molar refractivity (Wildman–Crippen MR) is 62.8 cm³/mol. The first-order chi connectivity index (χ1) is 7.45. The fourth-order valence-electron chi connectivity index (χ4n) is 2.12. The first-order valence-electron chi connectivity index (χ1n) is 6.00. The molecule has 0 spiro atoms. The Morgan fingerprint density at radius 3 is 2.87 bits per heavy atom. The van der Waals surface area contributed by atoms with Gasteiger partial charge in [0.25, 0.3) is 0 Å². The molecule has 0 aromatic carbocycles. The van der Waals surface area contributed by atoms with Gasteiger partial charge in [-0.05, 0) is 37.6 Å². The Kier molecular flexibility index (Phi) is 4.23. The van der Waals surface area contributed by atoms with Gasteiger partial charge in [0.1, 0.15) is 0 Å². The maximum absolute atomic E-state index is 3.47. The molecular formula is C12H21N3. The Bertz CT molecular complexity index is 250. The molecule has 0 amide bonds. The van der Waals surface area contributed by atoms with E-state index < -0.39 is 0 Å². The SMILES string of the molecule is c1cc(CNCCN2CCCCC2)c[nH]1. The number of nitrogens with zero attached hydrogens (tertiary/aromatic N) is 1. The van der Waals surface area contributed by atoms with E-state index in [-0.39, 0.29) is 0 Å². The molecule has 0 atom stereocenters. The van der Waals surface area contributed by atoms with Crippen LogP contribution in [0.1, 0.15) is 24.8 Å². The average Bonchev–Trinajstić information content (AvgIpc) is 2.79. The first kappa shape index (κ1) is 10.7. The van der Waals surface area contributed by atoms with Crippen molar-refractivity contribution >= 4 is 0 Å². The summed E-state index contributed by atoms with van der Waals surface area (Å²) < 4.78 is 0. The second kappa shape index (κ2) is 5.93. The zero-order chi connectivity index (χ0) is 10.3. The highest BCUT2D eigenvalue weighted by Gasteiger charge is 2.08. The van der Waals surface area contributed by atoms with Crippen molar-refractivity contribution in [1.82, 2.24) is 15.2 Å². The quantitative estimate of drug-likeness (QED) is 0.718. The van der Waals surface area contributed by atoms with E-state index in [0.717, 1.165) is 13.1 Å². The summed E-state index contributed by atoms with van der Waals surface area (Å²) in [5.74, 6) is 0. The van der Waals surface area contributed by atoms with Crippen LogP contribution in [0.3, 0.4) is 0 Å².